The number of aromatic nitrogens is 2. The van der Waals surface area contributed by atoms with E-state index in [0.717, 1.165) is 29.7 Å². The Kier molecular flexibility index (Phi) is 5.47. The van der Waals surface area contributed by atoms with Crippen LogP contribution >= 0.6 is 0 Å². The summed E-state index contributed by atoms with van der Waals surface area (Å²) in [5.74, 6) is -3.04. The molecule has 2 aromatic carbocycles. The van der Waals surface area contributed by atoms with Crippen LogP contribution in [-0.2, 0) is 12.8 Å². The number of ether oxygens (including phenoxy) is 1. The number of nitrogens with zero attached hydrogens (tertiary/aromatic N) is 2. The third-order valence-corrected chi connectivity index (χ3v) is 5.68. The van der Waals surface area contributed by atoms with Gasteiger partial charge < -0.3 is 14.6 Å². The van der Waals surface area contributed by atoms with Crippen LogP contribution in [-0.4, -0.2) is 16.7 Å². The van der Waals surface area contributed by atoms with Crippen LogP contribution in [0.25, 0.3) is 0 Å². The van der Waals surface area contributed by atoms with E-state index in [0.29, 0.717) is 30.0 Å². The van der Waals surface area contributed by atoms with Crippen LogP contribution in [0.15, 0.2) is 35.1 Å². The third-order valence-electron chi connectivity index (χ3n) is 5.68. The number of anilines is 2. The third kappa shape index (κ3) is 3.78. The van der Waals surface area contributed by atoms with Gasteiger partial charge in [-0.2, -0.15) is 4.98 Å². The number of hydrogen-bond acceptors (Lipinski definition) is 4. The van der Waals surface area contributed by atoms with E-state index >= 15 is 0 Å². The van der Waals surface area contributed by atoms with Crippen molar-refractivity contribution in [2.75, 3.05) is 12.4 Å². The largest absolute Gasteiger partial charge is 0.496 e. The Morgan fingerprint density at radius 1 is 1.16 bits per heavy atom. The topological polar surface area (TPSA) is 56.2 Å². The number of nitrogens with one attached hydrogen (secondary N) is 1. The maximum atomic E-state index is 13.9. The summed E-state index contributed by atoms with van der Waals surface area (Å²) in [6.45, 7) is 3.95. The van der Waals surface area contributed by atoms with E-state index in [4.69, 9.17) is 4.74 Å². The molecule has 1 aliphatic rings. The van der Waals surface area contributed by atoms with Gasteiger partial charge in [-0.1, -0.05) is 13.0 Å². The van der Waals surface area contributed by atoms with Gasteiger partial charge in [-0.05, 0) is 55.0 Å². The van der Waals surface area contributed by atoms with Gasteiger partial charge in [0.25, 0.3) is 5.56 Å². The van der Waals surface area contributed by atoms with Gasteiger partial charge in [0.15, 0.2) is 17.5 Å². The van der Waals surface area contributed by atoms with Crippen molar-refractivity contribution in [2.24, 2.45) is 0 Å². The maximum Gasteiger partial charge on any atom is 0.274 e. The first-order valence-corrected chi connectivity index (χ1v) is 10.0. The second-order valence-electron chi connectivity index (χ2n) is 7.59. The lowest BCUT2D eigenvalue weighted by molar-refractivity contribution is 0.410. The summed E-state index contributed by atoms with van der Waals surface area (Å²) in [5, 5.41) is 3.19. The minimum Gasteiger partial charge on any atom is -0.496 e. The normalized spacial score (nSPS) is 15.1. The second kappa shape index (κ2) is 8.09. The van der Waals surface area contributed by atoms with Crippen LogP contribution in [0.5, 0.6) is 5.75 Å². The van der Waals surface area contributed by atoms with Crippen LogP contribution in [0.1, 0.15) is 41.8 Å². The van der Waals surface area contributed by atoms with E-state index in [-0.39, 0.29) is 11.5 Å². The Morgan fingerprint density at radius 2 is 1.87 bits per heavy atom. The molecule has 31 heavy (non-hydrogen) atoms. The molecule has 1 N–H and O–H groups in total. The number of methoxy groups -OCH3 is 1. The van der Waals surface area contributed by atoms with E-state index in [9.17, 15) is 18.0 Å². The molecule has 2 heterocycles. The van der Waals surface area contributed by atoms with Crippen molar-refractivity contribution in [3.63, 3.8) is 0 Å². The number of rotatable bonds is 5. The first kappa shape index (κ1) is 21.0. The van der Waals surface area contributed by atoms with Gasteiger partial charge >= 0.3 is 0 Å². The van der Waals surface area contributed by atoms with Crippen LogP contribution in [0, 0.1) is 24.4 Å². The number of fused-ring (bicyclic) bond motifs is 1. The van der Waals surface area contributed by atoms with E-state index in [1.807, 2.05) is 26.0 Å². The van der Waals surface area contributed by atoms with Gasteiger partial charge in [0.2, 0.25) is 5.95 Å². The van der Waals surface area contributed by atoms with Gasteiger partial charge in [0.05, 0.1) is 13.2 Å². The van der Waals surface area contributed by atoms with Crippen molar-refractivity contribution in [3.8, 4) is 5.75 Å². The Balaban J connectivity index is 1.81. The van der Waals surface area contributed by atoms with Crippen molar-refractivity contribution >= 4 is 11.6 Å². The summed E-state index contributed by atoms with van der Waals surface area (Å²) >= 11 is 0. The quantitative estimate of drug-likeness (QED) is 0.591. The summed E-state index contributed by atoms with van der Waals surface area (Å²) in [6.07, 6.45) is 1.82. The number of hydrogen-bond donors (Lipinski definition) is 1. The SMILES string of the molecule is CCc1cc(C)c(Nc2nc(=O)cc3n2C(c2cc(F)c(F)c(F)c2)CC3)cc1OC. The Labute approximate surface area is 177 Å². The predicted octanol–water partition coefficient (Wildman–Crippen LogP) is 4.82. The van der Waals surface area contributed by atoms with Crippen molar-refractivity contribution in [1.29, 1.82) is 0 Å². The Bertz CT molecular complexity index is 1200. The summed E-state index contributed by atoms with van der Waals surface area (Å²) in [4.78, 5) is 16.3. The zero-order chi connectivity index (χ0) is 22.3. The molecule has 0 amide bonds. The van der Waals surface area contributed by atoms with E-state index in [2.05, 4.69) is 10.3 Å². The molecule has 0 saturated heterocycles. The van der Waals surface area contributed by atoms with E-state index in [1.54, 1.807) is 11.7 Å². The summed E-state index contributed by atoms with van der Waals surface area (Å²) in [5.41, 5.74) is 3.22. The molecular formula is C23H22F3N3O2. The van der Waals surface area contributed by atoms with Gasteiger partial charge in [-0.25, -0.2) is 13.2 Å². The van der Waals surface area contributed by atoms with Gasteiger partial charge in [0.1, 0.15) is 5.75 Å². The molecule has 1 unspecified atom stereocenters. The predicted molar refractivity (Wildman–Crippen MR) is 112 cm³/mol. The van der Waals surface area contributed by atoms with Crippen molar-refractivity contribution in [2.45, 2.75) is 39.2 Å². The molecule has 0 fully saturated rings. The van der Waals surface area contributed by atoms with Crippen molar-refractivity contribution in [1.82, 2.24) is 9.55 Å². The number of halogens is 3. The lowest BCUT2D eigenvalue weighted by Crippen LogP contribution is -2.20. The smallest absolute Gasteiger partial charge is 0.274 e. The second-order valence-corrected chi connectivity index (χ2v) is 7.59. The van der Waals surface area contributed by atoms with Crippen LogP contribution < -0.4 is 15.6 Å². The fourth-order valence-electron chi connectivity index (χ4n) is 4.13. The highest BCUT2D eigenvalue weighted by atomic mass is 19.2. The van der Waals surface area contributed by atoms with E-state index in [1.165, 1.54) is 6.07 Å². The molecule has 0 radical (unpaired) electrons. The first-order chi connectivity index (χ1) is 14.8. The number of aryl methyl sites for hydroxylation is 3. The minimum atomic E-state index is -1.50. The lowest BCUT2D eigenvalue weighted by atomic mass is 10.0. The summed E-state index contributed by atoms with van der Waals surface area (Å²) < 4.78 is 48.4. The Hall–Kier alpha value is -3.29. The lowest BCUT2D eigenvalue weighted by Gasteiger charge is -2.21. The van der Waals surface area contributed by atoms with Gasteiger partial charge in [-0.3, -0.25) is 4.79 Å². The fourth-order valence-corrected chi connectivity index (χ4v) is 4.13. The molecule has 1 aliphatic heterocycles. The highest BCUT2D eigenvalue weighted by Gasteiger charge is 2.28. The van der Waals surface area contributed by atoms with Crippen LogP contribution in [0.4, 0.5) is 24.8 Å². The van der Waals surface area contributed by atoms with Gasteiger partial charge in [0, 0.05) is 23.5 Å². The molecule has 4 rings (SSSR count). The molecule has 162 valence electrons. The molecular weight excluding hydrogens is 407 g/mol. The van der Waals surface area contributed by atoms with Crippen LogP contribution in [0.3, 0.4) is 0 Å². The first-order valence-electron chi connectivity index (χ1n) is 10.0. The Morgan fingerprint density at radius 3 is 2.52 bits per heavy atom. The average molecular weight is 429 g/mol. The summed E-state index contributed by atoms with van der Waals surface area (Å²) in [7, 11) is 1.59. The fraction of sp³-hybridized carbons (Fsp3) is 0.304. The maximum absolute atomic E-state index is 13.9. The minimum absolute atomic E-state index is 0.254. The van der Waals surface area contributed by atoms with E-state index < -0.39 is 29.1 Å². The molecule has 8 heteroatoms. The number of benzene rings is 2. The molecule has 0 bridgehead atoms. The highest BCUT2D eigenvalue weighted by molar-refractivity contribution is 5.63. The highest BCUT2D eigenvalue weighted by Crippen LogP contribution is 2.36. The van der Waals surface area contributed by atoms with Crippen LogP contribution in [0.2, 0.25) is 0 Å². The zero-order valence-corrected chi connectivity index (χ0v) is 17.4. The average Bonchev–Trinajstić information content (AvgIpc) is 3.16. The standard InChI is InChI=1S/C23H22F3N3O2/c1-4-13-7-12(2)18(11-20(13)31-3)27-23-28-21(30)10-15-5-6-19(29(15)23)14-8-16(24)22(26)17(25)9-14/h7-11,19H,4-6H2,1-3H3,(H,27,28,30). The molecule has 1 aromatic heterocycles. The van der Waals surface area contributed by atoms with Gasteiger partial charge in [-0.15, -0.1) is 0 Å². The molecule has 5 nitrogen and oxygen atoms in total. The molecule has 0 spiro atoms. The molecule has 0 saturated carbocycles. The summed E-state index contributed by atoms with van der Waals surface area (Å²) in [6, 6.07) is 6.73. The molecule has 3 aromatic rings. The zero-order valence-electron chi connectivity index (χ0n) is 17.4. The molecule has 1 atom stereocenters. The van der Waals surface area contributed by atoms with Crippen molar-refractivity contribution < 1.29 is 17.9 Å². The molecule has 0 aliphatic carbocycles. The van der Waals surface area contributed by atoms with Crippen molar-refractivity contribution in [3.05, 3.63) is 80.5 Å². The monoisotopic (exact) mass is 429 g/mol.